The molecule has 7 nitrogen and oxygen atoms in total. The molecule has 7 heteroatoms. The minimum Gasteiger partial charge on any atom is -0.418 e. The van der Waals surface area contributed by atoms with Crippen LogP contribution in [0, 0.1) is 62.1 Å². The molecule has 1 heterocycles. The fraction of sp³-hybridized carbons (Fsp3) is 0.730. The van der Waals surface area contributed by atoms with Crippen molar-refractivity contribution in [1.29, 1.82) is 5.26 Å². The van der Waals surface area contributed by atoms with E-state index in [9.17, 15) is 19.6 Å². The Morgan fingerprint density at radius 1 is 0.977 bits per heavy atom. The molecule has 8 atom stereocenters. The van der Waals surface area contributed by atoms with Crippen LogP contribution in [0.4, 0.5) is 0 Å². The van der Waals surface area contributed by atoms with Gasteiger partial charge in [-0.3, -0.25) is 14.4 Å². The highest BCUT2D eigenvalue weighted by molar-refractivity contribution is 6.04. The Morgan fingerprint density at radius 2 is 1.68 bits per heavy atom. The van der Waals surface area contributed by atoms with Gasteiger partial charge in [0.05, 0.1) is 5.57 Å². The van der Waals surface area contributed by atoms with E-state index in [1.165, 1.54) is 0 Å². The number of hydrogen-bond donors (Lipinski definition) is 0. The molecule has 6 aliphatic rings. The van der Waals surface area contributed by atoms with Crippen LogP contribution in [0.5, 0.6) is 0 Å². The van der Waals surface area contributed by atoms with Crippen LogP contribution >= 0.6 is 0 Å². The minimum atomic E-state index is -0.670. The fourth-order valence-corrected chi connectivity index (χ4v) is 11.2. The first-order chi connectivity index (χ1) is 20.5. The van der Waals surface area contributed by atoms with Gasteiger partial charge in [-0.2, -0.15) is 5.26 Å². The molecule has 4 saturated carbocycles. The van der Waals surface area contributed by atoms with Gasteiger partial charge in [-0.25, -0.2) is 0 Å². The highest BCUT2D eigenvalue weighted by atomic mass is 16.4. The van der Waals surface area contributed by atoms with Crippen LogP contribution in [0.3, 0.4) is 0 Å². The van der Waals surface area contributed by atoms with Gasteiger partial charge in [0.25, 0.3) is 5.89 Å². The monoisotopic (exact) mass is 597 g/mol. The molecular formula is C37H47N3O4. The molecule has 0 N–H and O–H groups in total. The maximum atomic E-state index is 14.6. The van der Waals surface area contributed by atoms with E-state index >= 15 is 0 Å². The summed E-state index contributed by atoms with van der Waals surface area (Å²) in [5.41, 5.74) is -0.738. The lowest BCUT2D eigenvalue weighted by Gasteiger charge is -2.69. The molecule has 0 amide bonds. The van der Waals surface area contributed by atoms with Gasteiger partial charge in [-0.1, -0.05) is 60.1 Å². The van der Waals surface area contributed by atoms with Gasteiger partial charge in [0, 0.05) is 28.6 Å². The van der Waals surface area contributed by atoms with Gasteiger partial charge in [0.15, 0.2) is 11.6 Å². The second-order valence-electron chi connectivity index (χ2n) is 17.3. The molecule has 0 aromatic carbocycles. The summed E-state index contributed by atoms with van der Waals surface area (Å²) < 4.78 is 6.12. The van der Waals surface area contributed by atoms with Crippen molar-refractivity contribution in [3.05, 3.63) is 35.1 Å². The van der Waals surface area contributed by atoms with Crippen LogP contribution < -0.4 is 0 Å². The van der Waals surface area contributed by atoms with Crippen molar-refractivity contribution < 1.29 is 18.8 Å². The number of nitriles is 1. The van der Waals surface area contributed by atoms with Crippen LogP contribution in [0.15, 0.2) is 27.7 Å². The first kappa shape index (κ1) is 29.8. The van der Waals surface area contributed by atoms with Gasteiger partial charge >= 0.3 is 0 Å². The lowest BCUT2D eigenvalue weighted by molar-refractivity contribution is -0.166. The number of allylic oxidation sites excluding steroid dienone is 4. The Kier molecular flexibility index (Phi) is 6.17. The lowest BCUT2D eigenvalue weighted by atomic mass is 9.34. The number of ketones is 3. The second-order valence-corrected chi connectivity index (χ2v) is 17.3. The fourth-order valence-electron chi connectivity index (χ4n) is 11.2. The van der Waals surface area contributed by atoms with Crippen molar-refractivity contribution in [1.82, 2.24) is 10.2 Å². The molecule has 1 aromatic rings. The van der Waals surface area contributed by atoms with Crippen LogP contribution in [0.1, 0.15) is 129 Å². The standard InChI is InChI=1S/C37H47N3O4/c1-32(2)26-10-11-36(6)27(35(26,5)18-22(20-38)29(32)43)17-24(41)28-23-19-34(4,13-12-33(23,3)14-15-37(28,36)7)31-40-39-30(44-31)25(42)16-21-8-9-21/h17-18,21,23,26,28H,8-16,19H2,1-7H3/t23-,26-,28-,33+,34-,35-,36+,37+/m0/s1. The Morgan fingerprint density at radius 3 is 2.36 bits per heavy atom. The number of rotatable bonds is 4. The zero-order valence-corrected chi connectivity index (χ0v) is 27.5. The molecular weight excluding hydrogens is 550 g/mol. The highest BCUT2D eigenvalue weighted by Gasteiger charge is 2.69. The lowest BCUT2D eigenvalue weighted by Crippen LogP contribution is -2.64. The van der Waals surface area contributed by atoms with Crippen LogP contribution in [-0.2, 0) is 15.0 Å². The Labute approximate surface area is 261 Å². The van der Waals surface area contributed by atoms with Crippen LogP contribution in [-0.4, -0.2) is 27.5 Å². The Balaban J connectivity index is 1.28. The van der Waals surface area contributed by atoms with E-state index in [0.29, 0.717) is 18.2 Å². The zero-order valence-electron chi connectivity index (χ0n) is 27.5. The first-order valence-electron chi connectivity index (χ1n) is 16.8. The molecule has 0 spiro atoms. The summed E-state index contributed by atoms with van der Waals surface area (Å²) in [6.07, 6.45) is 13.0. The molecule has 7 rings (SSSR count). The van der Waals surface area contributed by atoms with E-state index in [-0.39, 0.29) is 62.8 Å². The Bertz CT molecular complexity index is 1590. The topological polar surface area (TPSA) is 114 Å². The Hall–Kier alpha value is -2.88. The first-order valence-corrected chi connectivity index (χ1v) is 16.8. The van der Waals surface area contributed by atoms with E-state index in [0.717, 1.165) is 63.4 Å². The average molecular weight is 598 g/mol. The van der Waals surface area contributed by atoms with Gasteiger partial charge in [-0.05, 0) is 97.9 Å². The van der Waals surface area contributed by atoms with Gasteiger partial charge in [0.2, 0.25) is 11.7 Å². The van der Waals surface area contributed by atoms with Crippen molar-refractivity contribution in [3.8, 4) is 6.07 Å². The van der Waals surface area contributed by atoms with Crippen LogP contribution in [0.2, 0.25) is 0 Å². The third-order valence-electron chi connectivity index (χ3n) is 14.4. The van der Waals surface area contributed by atoms with Crippen molar-refractivity contribution in [3.63, 3.8) is 0 Å². The molecule has 0 aliphatic heterocycles. The SMILES string of the molecule is CC1(C)C(=O)C(C#N)=C[C@]2(C)C3=CC(=O)[C@@H]4[C@@H]5C[C@@](C)(c6nnc(C(=O)CC7CC7)o6)CC[C@]5(C)CC[C@@]4(C)[C@]3(C)CC[C@@H]12. The van der Waals surface area contributed by atoms with Crippen molar-refractivity contribution >= 4 is 17.3 Å². The molecule has 4 fully saturated rings. The minimum absolute atomic E-state index is 0.0277. The van der Waals surface area contributed by atoms with Crippen molar-refractivity contribution in [2.24, 2.45) is 50.7 Å². The largest absolute Gasteiger partial charge is 0.418 e. The third-order valence-corrected chi connectivity index (χ3v) is 14.4. The normalized spacial score (nSPS) is 44.3. The van der Waals surface area contributed by atoms with Gasteiger partial charge in [-0.15, -0.1) is 10.2 Å². The highest BCUT2D eigenvalue weighted by Crippen LogP contribution is 2.74. The van der Waals surface area contributed by atoms with Crippen molar-refractivity contribution in [2.45, 2.75) is 118 Å². The molecule has 44 heavy (non-hydrogen) atoms. The summed E-state index contributed by atoms with van der Waals surface area (Å²) in [6.45, 7) is 15.4. The number of carbonyl (C=O) groups excluding carboxylic acids is 3. The van der Waals surface area contributed by atoms with E-state index in [4.69, 9.17) is 4.42 Å². The summed E-state index contributed by atoms with van der Waals surface area (Å²) in [4.78, 5) is 40.7. The summed E-state index contributed by atoms with van der Waals surface area (Å²) in [5.74, 6) is 1.21. The number of hydrogen-bond acceptors (Lipinski definition) is 7. The quantitative estimate of drug-likeness (QED) is 0.330. The van der Waals surface area contributed by atoms with E-state index in [2.05, 4.69) is 50.9 Å². The molecule has 0 saturated heterocycles. The number of aromatic nitrogens is 2. The number of carbonyl (C=O) groups is 3. The maximum Gasteiger partial charge on any atom is 0.284 e. The van der Waals surface area contributed by atoms with Crippen molar-refractivity contribution in [2.75, 3.05) is 0 Å². The van der Waals surface area contributed by atoms with E-state index in [1.807, 2.05) is 26.0 Å². The molecule has 1 aromatic heterocycles. The summed E-state index contributed by atoms with van der Waals surface area (Å²) >= 11 is 0. The molecule has 0 unspecified atom stereocenters. The average Bonchev–Trinajstić information content (AvgIpc) is 3.62. The maximum absolute atomic E-state index is 14.6. The van der Waals surface area contributed by atoms with E-state index < -0.39 is 16.2 Å². The van der Waals surface area contributed by atoms with E-state index in [1.54, 1.807) is 0 Å². The number of nitrogens with zero attached hydrogens (tertiary/aromatic N) is 3. The third kappa shape index (κ3) is 3.81. The van der Waals surface area contributed by atoms with Crippen LogP contribution in [0.25, 0.3) is 0 Å². The van der Waals surface area contributed by atoms with Gasteiger partial charge in [0.1, 0.15) is 6.07 Å². The summed E-state index contributed by atoms with van der Waals surface area (Å²) in [5, 5.41) is 18.6. The number of fused-ring (bicyclic) bond motifs is 7. The summed E-state index contributed by atoms with van der Waals surface area (Å²) in [6, 6.07) is 2.20. The summed E-state index contributed by atoms with van der Waals surface area (Å²) in [7, 11) is 0. The smallest absolute Gasteiger partial charge is 0.284 e. The predicted molar refractivity (Wildman–Crippen MR) is 164 cm³/mol. The van der Waals surface area contributed by atoms with Gasteiger partial charge < -0.3 is 4.42 Å². The number of Topliss-reactive ketones (excluding diaryl/α,β-unsaturated/α-hetero) is 2. The molecule has 6 aliphatic carbocycles. The molecule has 0 bridgehead atoms. The zero-order chi connectivity index (χ0) is 31.7. The molecule has 0 radical (unpaired) electrons. The molecule has 234 valence electrons. The predicted octanol–water partition coefficient (Wildman–Crippen LogP) is 7.52. The second kappa shape index (κ2) is 9.10.